The summed E-state index contributed by atoms with van der Waals surface area (Å²) in [5, 5.41) is 21.2. The van der Waals surface area contributed by atoms with Crippen molar-refractivity contribution in [3.05, 3.63) is 0 Å². The molecule has 2 spiro atoms. The second-order valence-corrected chi connectivity index (χ2v) is 17.3. The van der Waals surface area contributed by atoms with Crippen LogP contribution in [0.5, 0.6) is 0 Å². The molecular weight excluding hydrogens is 606 g/mol. The van der Waals surface area contributed by atoms with Crippen molar-refractivity contribution in [3.63, 3.8) is 0 Å². The van der Waals surface area contributed by atoms with Crippen molar-refractivity contribution in [2.45, 2.75) is 148 Å². The second-order valence-electron chi connectivity index (χ2n) is 17.3. The molecule has 1 heterocycles. The third-order valence-electron chi connectivity index (χ3n) is 14.4. The SMILES string of the molecule is CC(=O)OC([C@H]1C[C@@H](C)C2[C@H](O1)C(=O)[C@@]1(N)[C@@H]3CC[C@H]4C(C)(C)[C@@H](O[C@H](OCC=O)[C@H](O)C=O)CC[C@@]45C[C@@]35CC[C@]21C)C(C)(C)O. The van der Waals surface area contributed by atoms with E-state index in [4.69, 9.17) is 24.7 Å². The highest BCUT2D eigenvalue weighted by atomic mass is 16.7. The largest absolute Gasteiger partial charge is 0.457 e. The zero-order chi connectivity index (χ0) is 34.5. The minimum Gasteiger partial charge on any atom is -0.457 e. The fourth-order valence-corrected chi connectivity index (χ4v) is 12.5. The highest BCUT2D eigenvalue weighted by molar-refractivity contribution is 5.97. The van der Waals surface area contributed by atoms with E-state index in [0.29, 0.717) is 25.4 Å². The quantitative estimate of drug-likeness (QED) is 0.179. The number of aliphatic hydroxyl groups is 2. The first kappa shape index (κ1) is 35.1. The van der Waals surface area contributed by atoms with Crippen LogP contribution < -0.4 is 5.73 Å². The Bertz CT molecular complexity index is 1300. The summed E-state index contributed by atoms with van der Waals surface area (Å²) in [6.45, 7) is 13.0. The molecule has 1 aliphatic heterocycles. The van der Waals surface area contributed by atoms with Crippen LogP contribution in [0.4, 0.5) is 0 Å². The molecule has 6 rings (SSSR count). The first-order chi connectivity index (χ1) is 21.9. The molecule has 0 aromatic heterocycles. The van der Waals surface area contributed by atoms with E-state index in [1.807, 2.05) is 0 Å². The minimum atomic E-state index is -1.49. The van der Waals surface area contributed by atoms with Crippen LogP contribution in [0.2, 0.25) is 0 Å². The number of hydrogen-bond acceptors (Lipinski definition) is 11. The number of carbonyl (C=O) groups excluding carboxylic acids is 4. The summed E-state index contributed by atoms with van der Waals surface area (Å²) in [5.74, 6) is -0.266. The maximum absolute atomic E-state index is 14.8. The highest BCUT2D eigenvalue weighted by Crippen LogP contribution is 2.87. The van der Waals surface area contributed by atoms with Crippen molar-refractivity contribution in [1.29, 1.82) is 0 Å². The molecule has 264 valence electrons. The summed E-state index contributed by atoms with van der Waals surface area (Å²) >= 11 is 0. The van der Waals surface area contributed by atoms with Gasteiger partial charge in [-0.2, -0.15) is 0 Å². The normalized spacial score (nSPS) is 46.8. The van der Waals surface area contributed by atoms with Gasteiger partial charge in [-0.25, -0.2) is 0 Å². The molecular formula is C36H55NO10. The first-order valence-corrected chi connectivity index (χ1v) is 17.6. The van der Waals surface area contributed by atoms with Gasteiger partial charge in [0.15, 0.2) is 30.6 Å². The predicted molar refractivity (Wildman–Crippen MR) is 169 cm³/mol. The van der Waals surface area contributed by atoms with Crippen LogP contribution in [-0.2, 0) is 38.1 Å². The van der Waals surface area contributed by atoms with E-state index in [-0.39, 0.29) is 58.4 Å². The Hall–Kier alpha value is -1.76. The number of ketones is 1. The van der Waals surface area contributed by atoms with Crippen molar-refractivity contribution >= 4 is 24.3 Å². The summed E-state index contributed by atoms with van der Waals surface area (Å²) in [6, 6.07) is 0. The number of fused-ring (bicyclic) bond motifs is 4. The van der Waals surface area contributed by atoms with Crippen molar-refractivity contribution in [2.75, 3.05) is 6.61 Å². The van der Waals surface area contributed by atoms with Gasteiger partial charge in [-0.05, 0) is 105 Å². The number of rotatable bonds is 10. The molecule has 0 amide bonds. The van der Waals surface area contributed by atoms with Gasteiger partial charge < -0.3 is 44.5 Å². The van der Waals surface area contributed by atoms with Gasteiger partial charge in [-0.3, -0.25) is 9.59 Å². The Morgan fingerprint density at radius 3 is 2.38 bits per heavy atom. The van der Waals surface area contributed by atoms with Crippen LogP contribution in [0.3, 0.4) is 0 Å². The lowest BCUT2D eigenvalue weighted by atomic mass is 9.43. The van der Waals surface area contributed by atoms with Crippen LogP contribution >= 0.6 is 0 Å². The van der Waals surface area contributed by atoms with Gasteiger partial charge in [0.25, 0.3) is 0 Å². The number of nitrogens with two attached hydrogens (primary N) is 1. The summed E-state index contributed by atoms with van der Waals surface area (Å²) < 4.78 is 23.9. The molecule has 0 aromatic carbocycles. The first-order valence-electron chi connectivity index (χ1n) is 17.6. The molecule has 0 radical (unpaired) electrons. The maximum atomic E-state index is 14.8. The summed E-state index contributed by atoms with van der Waals surface area (Å²) in [4.78, 5) is 49.2. The second kappa shape index (κ2) is 11.4. The molecule has 6 fully saturated rings. The third-order valence-corrected chi connectivity index (χ3v) is 14.4. The van der Waals surface area contributed by atoms with Crippen LogP contribution in [0.25, 0.3) is 0 Å². The topological polar surface area (TPSA) is 172 Å². The average Bonchev–Trinajstić information content (AvgIpc) is 3.62. The van der Waals surface area contributed by atoms with E-state index in [2.05, 4.69) is 27.7 Å². The van der Waals surface area contributed by atoms with Crippen LogP contribution in [0, 0.1) is 45.3 Å². The Kier molecular flexibility index (Phi) is 8.50. The van der Waals surface area contributed by atoms with Gasteiger partial charge in [0, 0.05) is 12.8 Å². The number of carbonyl (C=O) groups is 4. The van der Waals surface area contributed by atoms with Gasteiger partial charge in [-0.1, -0.05) is 27.7 Å². The third kappa shape index (κ3) is 4.80. The van der Waals surface area contributed by atoms with Gasteiger partial charge in [0.1, 0.15) is 19.0 Å². The number of aliphatic hydroxyl groups excluding tert-OH is 1. The number of ether oxygens (including phenoxy) is 4. The standard InChI is InChI=1S/C36H55NO10/c1-19-16-22(29(32(5,6)43)45-20(2)40)46-27-26(19)33(7)12-13-35-18-34(35)11-10-25(47-30(21(41)17-39)44-15-14-38)31(3,4)23(34)8-9-24(35)36(33,37)28(27)42/h14,17,19,21-27,29-30,41,43H,8-13,15-16,18,37H2,1-7H3/t19-,21-,22-,23+,24-,25+,26?,27+,29?,30+,33-,34-,35+,36+/m1/s1. The molecule has 5 saturated carbocycles. The average molecular weight is 662 g/mol. The molecule has 11 heteroatoms. The van der Waals surface area contributed by atoms with E-state index in [1.165, 1.54) is 6.92 Å². The number of aldehydes is 2. The number of hydrogen-bond donors (Lipinski definition) is 3. The molecule has 0 aromatic rings. The lowest BCUT2D eigenvalue weighted by Gasteiger charge is -2.62. The van der Waals surface area contributed by atoms with E-state index in [9.17, 15) is 29.4 Å². The predicted octanol–water partition coefficient (Wildman–Crippen LogP) is 2.89. The van der Waals surface area contributed by atoms with Crippen LogP contribution in [-0.4, -0.2) is 89.1 Å². The summed E-state index contributed by atoms with van der Waals surface area (Å²) in [5.41, 5.74) is 4.35. The minimum absolute atomic E-state index is 0.00438. The van der Waals surface area contributed by atoms with E-state index < -0.39 is 53.2 Å². The van der Waals surface area contributed by atoms with E-state index in [0.717, 1.165) is 38.5 Å². The Morgan fingerprint density at radius 1 is 1.11 bits per heavy atom. The van der Waals surface area contributed by atoms with Gasteiger partial charge in [0.2, 0.25) is 0 Å². The van der Waals surface area contributed by atoms with E-state index >= 15 is 0 Å². The van der Waals surface area contributed by atoms with Crippen molar-refractivity contribution < 1.29 is 48.3 Å². The fourth-order valence-electron chi connectivity index (χ4n) is 12.5. The Balaban J connectivity index is 1.27. The number of Topliss-reactive ketones (excluding diaryl/α,β-unsaturated/α-hetero) is 1. The zero-order valence-corrected chi connectivity index (χ0v) is 29.0. The molecule has 47 heavy (non-hydrogen) atoms. The zero-order valence-electron chi connectivity index (χ0n) is 29.0. The molecule has 4 N–H and O–H groups in total. The maximum Gasteiger partial charge on any atom is 0.303 e. The van der Waals surface area contributed by atoms with Crippen LogP contribution in [0.1, 0.15) is 99.8 Å². The monoisotopic (exact) mass is 661 g/mol. The van der Waals surface area contributed by atoms with Crippen molar-refractivity contribution in [3.8, 4) is 0 Å². The fraction of sp³-hybridized carbons (Fsp3) is 0.889. The molecule has 2 unspecified atom stereocenters. The summed E-state index contributed by atoms with van der Waals surface area (Å²) in [7, 11) is 0. The molecule has 1 saturated heterocycles. The molecule has 6 aliphatic rings. The molecule has 11 nitrogen and oxygen atoms in total. The molecule has 5 aliphatic carbocycles. The Labute approximate surface area is 278 Å². The lowest BCUT2D eigenvalue weighted by molar-refractivity contribution is -0.248. The summed E-state index contributed by atoms with van der Waals surface area (Å²) in [6.07, 6.45) is 2.33. The highest BCUT2D eigenvalue weighted by Gasteiger charge is 2.85. The van der Waals surface area contributed by atoms with E-state index in [1.54, 1.807) is 13.8 Å². The molecule has 0 bridgehead atoms. The number of esters is 1. The lowest BCUT2D eigenvalue weighted by Crippen LogP contribution is -2.69. The van der Waals surface area contributed by atoms with Crippen molar-refractivity contribution in [2.24, 2.45) is 51.1 Å². The van der Waals surface area contributed by atoms with Gasteiger partial charge in [-0.15, -0.1) is 0 Å². The van der Waals surface area contributed by atoms with Crippen LogP contribution in [0.15, 0.2) is 0 Å². The van der Waals surface area contributed by atoms with Gasteiger partial charge in [0.05, 0.1) is 23.3 Å². The van der Waals surface area contributed by atoms with Gasteiger partial charge >= 0.3 is 5.97 Å². The smallest absolute Gasteiger partial charge is 0.303 e. The molecule has 14 atom stereocenters. The Morgan fingerprint density at radius 2 is 1.77 bits per heavy atom. The van der Waals surface area contributed by atoms with Crippen molar-refractivity contribution in [1.82, 2.24) is 0 Å².